The summed E-state index contributed by atoms with van der Waals surface area (Å²) in [4.78, 5) is 4.26. The Morgan fingerprint density at radius 1 is 1.20 bits per heavy atom. The van der Waals surface area contributed by atoms with E-state index < -0.39 is 0 Å². The van der Waals surface area contributed by atoms with Gasteiger partial charge in [-0.3, -0.25) is 9.67 Å². The van der Waals surface area contributed by atoms with Crippen molar-refractivity contribution in [1.29, 1.82) is 0 Å². The molecule has 3 aromatic rings. The predicted molar refractivity (Wildman–Crippen MR) is 55.1 cm³/mol. The Morgan fingerprint density at radius 2 is 2.13 bits per heavy atom. The Labute approximate surface area is 85.8 Å². The Bertz CT molecular complexity index is 607. The molecule has 0 bridgehead atoms. The van der Waals surface area contributed by atoms with Gasteiger partial charge in [-0.2, -0.15) is 5.10 Å². The summed E-state index contributed by atoms with van der Waals surface area (Å²) in [7, 11) is 1.89. The number of aromatic nitrogens is 5. The highest BCUT2D eigenvalue weighted by Gasteiger charge is 2.01. The first kappa shape index (κ1) is 8.16. The van der Waals surface area contributed by atoms with Gasteiger partial charge in [-0.25, -0.2) is 0 Å². The van der Waals surface area contributed by atoms with E-state index in [1.54, 1.807) is 17.1 Å². The smallest absolute Gasteiger partial charge is 0.0661 e. The average Bonchev–Trinajstić information content (AvgIpc) is 2.84. The minimum atomic E-state index is 0.816. The standard InChI is InChI=1S/C10H8N5/c1-15-6-8(4-13-15)7-2-9-10(11-3-7)5-12-14-9/h2-6H,1H3/q-1. The number of fused-ring (bicyclic) bond motifs is 1. The van der Waals surface area contributed by atoms with E-state index in [9.17, 15) is 0 Å². The van der Waals surface area contributed by atoms with Crippen molar-refractivity contribution in [2.75, 3.05) is 0 Å². The molecule has 5 heteroatoms. The maximum Gasteiger partial charge on any atom is 0.0661 e. The van der Waals surface area contributed by atoms with Crippen LogP contribution < -0.4 is 5.10 Å². The maximum absolute atomic E-state index is 4.26. The summed E-state index contributed by atoms with van der Waals surface area (Å²) in [6, 6.07) is 1.96. The van der Waals surface area contributed by atoms with Gasteiger partial charge in [0.25, 0.3) is 0 Å². The number of aryl methyl sites for hydroxylation is 1. The lowest BCUT2D eigenvalue weighted by atomic mass is 10.1. The van der Waals surface area contributed by atoms with Gasteiger partial charge in [0, 0.05) is 30.6 Å². The average molecular weight is 198 g/mol. The minimum absolute atomic E-state index is 0.816. The second-order valence-corrected chi connectivity index (χ2v) is 3.38. The van der Waals surface area contributed by atoms with Gasteiger partial charge in [-0.1, -0.05) is 0 Å². The first-order chi connectivity index (χ1) is 7.33. The van der Waals surface area contributed by atoms with E-state index >= 15 is 0 Å². The van der Waals surface area contributed by atoms with Gasteiger partial charge in [0.1, 0.15) is 0 Å². The van der Waals surface area contributed by atoms with Gasteiger partial charge in [0.15, 0.2) is 0 Å². The van der Waals surface area contributed by atoms with Crippen molar-refractivity contribution in [1.82, 2.24) is 25.0 Å². The van der Waals surface area contributed by atoms with Crippen molar-refractivity contribution in [2.24, 2.45) is 7.05 Å². The van der Waals surface area contributed by atoms with Crippen molar-refractivity contribution < 1.29 is 0 Å². The summed E-state index contributed by atoms with van der Waals surface area (Å²) in [5.74, 6) is 0. The maximum atomic E-state index is 4.26. The van der Waals surface area contributed by atoms with Crippen LogP contribution in [-0.2, 0) is 7.05 Å². The van der Waals surface area contributed by atoms with Crippen LogP contribution in [0.25, 0.3) is 22.2 Å². The van der Waals surface area contributed by atoms with Gasteiger partial charge < -0.3 is 10.2 Å². The molecular weight excluding hydrogens is 190 g/mol. The molecule has 15 heavy (non-hydrogen) atoms. The van der Waals surface area contributed by atoms with Crippen molar-refractivity contribution in [3.63, 3.8) is 0 Å². The summed E-state index contributed by atoms with van der Waals surface area (Å²) >= 11 is 0. The Kier molecular flexibility index (Phi) is 1.58. The van der Waals surface area contributed by atoms with Crippen molar-refractivity contribution in [3.8, 4) is 11.1 Å². The van der Waals surface area contributed by atoms with Crippen molar-refractivity contribution in [2.45, 2.75) is 0 Å². The van der Waals surface area contributed by atoms with Gasteiger partial charge in [0.05, 0.1) is 17.2 Å². The fraction of sp³-hybridized carbons (Fsp3) is 0.100. The van der Waals surface area contributed by atoms with E-state index in [-0.39, 0.29) is 0 Å². The Morgan fingerprint density at radius 3 is 2.93 bits per heavy atom. The Hall–Kier alpha value is -2.17. The lowest BCUT2D eigenvalue weighted by Gasteiger charge is -1.96. The highest BCUT2D eigenvalue weighted by molar-refractivity contribution is 5.79. The number of nitrogens with zero attached hydrogens (tertiary/aromatic N) is 5. The SMILES string of the molecule is Cn1cc(-c2cnc3c[n-]nc3c2)cn1. The normalized spacial score (nSPS) is 11.0. The highest BCUT2D eigenvalue weighted by Crippen LogP contribution is 2.20. The third kappa shape index (κ3) is 1.28. The molecule has 0 spiro atoms. The number of hydrogen-bond acceptors (Lipinski definition) is 3. The first-order valence-electron chi connectivity index (χ1n) is 4.56. The zero-order chi connectivity index (χ0) is 10.3. The lowest BCUT2D eigenvalue weighted by molar-refractivity contribution is 0.768. The van der Waals surface area contributed by atoms with Crippen LogP contribution >= 0.6 is 0 Å². The molecule has 3 heterocycles. The van der Waals surface area contributed by atoms with E-state index in [0.717, 1.165) is 22.2 Å². The van der Waals surface area contributed by atoms with Crippen LogP contribution in [0, 0.1) is 0 Å². The Balaban J connectivity index is 2.18. The molecule has 0 fully saturated rings. The van der Waals surface area contributed by atoms with Crippen LogP contribution in [0.15, 0.2) is 30.9 Å². The molecule has 0 unspecified atom stereocenters. The third-order valence-corrected chi connectivity index (χ3v) is 2.28. The number of rotatable bonds is 1. The number of hydrogen-bond donors (Lipinski definition) is 0. The topological polar surface area (TPSA) is 57.7 Å². The number of pyridine rings is 1. The molecule has 0 radical (unpaired) electrons. The minimum Gasteiger partial charge on any atom is -0.579 e. The molecule has 5 nitrogen and oxygen atoms in total. The lowest BCUT2D eigenvalue weighted by Crippen LogP contribution is -1.84. The van der Waals surface area contributed by atoms with Crippen LogP contribution in [-0.4, -0.2) is 19.9 Å². The second kappa shape index (κ2) is 2.91. The molecular formula is C10H8N5-. The highest BCUT2D eigenvalue weighted by atomic mass is 15.2. The summed E-state index contributed by atoms with van der Waals surface area (Å²) in [6.07, 6.45) is 7.21. The monoisotopic (exact) mass is 198 g/mol. The molecule has 3 aromatic heterocycles. The van der Waals surface area contributed by atoms with Crippen molar-refractivity contribution >= 4 is 11.0 Å². The van der Waals surface area contributed by atoms with Crippen LogP contribution in [0.3, 0.4) is 0 Å². The predicted octanol–water partition coefficient (Wildman–Crippen LogP) is 0.987. The van der Waals surface area contributed by atoms with Crippen LogP contribution in [0.5, 0.6) is 0 Å². The van der Waals surface area contributed by atoms with Gasteiger partial charge in [-0.05, 0) is 6.07 Å². The zero-order valence-electron chi connectivity index (χ0n) is 8.12. The van der Waals surface area contributed by atoms with Gasteiger partial charge >= 0.3 is 0 Å². The second-order valence-electron chi connectivity index (χ2n) is 3.38. The van der Waals surface area contributed by atoms with E-state index in [1.807, 2.05) is 25.5 Å². The molecule has 74 valence electrons. The van der Waals surface area contributed by atoms with E-state index in [2.05, 4.69) is 20.3 Å². The fourth-order valence-electron chi connectivity index (χ4n) is 1.52. The molecule has 0 aliphatic carbocycles. The van der Waals surface area contributed by atoms with E-state index in [0.29, 0.717) is 0 Å². The molecule has 0 atom stereocenters. The summed E-state index contributed by atoms with van der Waals surface area (Å²) in [5.41, 5.74) is 3.69. The largest absolute Gasteiger partial charge is 0.579 e. The van der Waals surface area contributed by atoms with E-state index in [1.165, 1.54) is 0 Å². The molecule has 0 saturated carbocycles. The van der Waals surface area contributed by atoms with E-state index in [4.69, 9.17) is 0 Å². The first-order valence-corrected chi connectivity index (χ1v) is 4.56. The zero-order valence-corrected chi connectivity index (χ0v) is 8.12. The molecule has 3 rings (SSSR count). The van der Waals surface area contributed by atoms with Gasteiger partial charge in [-0.15, -0.1) is 6.20 Å². The molecule has 0 N–H and O–H groups in total. The molecule has 0 aliphatic rings. The quantitative estimate of drug-likeness (QED) is 0.585. The van der Waals surface area contributed by atoms with Crippen molar-refractivity contribution in [3.05, 3.63) is 30.9 Å². The molecule has 0 amide bonds. The third-order valence-electron chi connectivity index (χ3n) is 2.28. The molecule has 0 aromatic carbocycles. The molecule has 0 saturated heterocycles. The molecule has 0 aliphatic heterocycles. The van der Waals surface area contributed by atoms with Crippen LogP contribution in [0.1, 0.15) is 0 Å². The summed E-state index contributed by atoms with van der Waals surface area (Å²) in [6.45, 7) is 0. The summed E-state index contributed by atoms with van der Waals surface area (Å²) < 4.78 is 1.76. The van der Waals surface area contributed by atoms with Crippen LogP contribution in [0.2, 0.25) is 0 Å². The van der Waals surface area contributed by atoms with Gasteiger partial charge in [0.2, 0.25) is 0 Å². The summed E-state index contributed by atoms with van der Waals surface area (Å²) in [5, 5.41) is 11.9. The van der Waals surface area contributed by atoms with Crippen LogP contribution in [0.4, 0.5) is 0 Å². The fourth-order valence-corrected chi connectivity index (χ4v) is 1.52.